The van der Waals surface area contributed by atoms with Crippen LogP contribution in [0, 0.1) is 29.9 Å². The predicted molar refractivity (Wildman–Crippen MR) is 135 cm³/mol. The second kappa shape index (κ2) is 11.8. The molecule has 0 radical (unpaired) electrons. The molecule has 0 aliphatic carbocycles. The van der Waals surface area contributed by atoms with Gasteiger partial charge in [-0.25, -0.2) is 5.43 Å². The van der Waals surface area contributed by atoms with Crippen LogP contribution in [0.1, 0.15) is 30.7 Å². The molecule has 0 saturated carbocycles. The number of furan rings is 1. The highest BCUT2D eigenvalue weighted by molar-refractivity contribution is 5.89. The van der Waals surface area contributed by atoms with Crippen LogP contribution >= 0.6 is 0 Å². The minimum absolute atomic E-state index is 0.00235. The normalized spacial score (nSPS) is 11.9. The summed E-state index contributed by atoms with van der Waals surface area (Å²) in [5.41, 5.74) is 4.38. The number of nitrogens with zero attached hydrogens (tertiary/aromatic N) is 2. The van der Waals surface area contributed by atoms with Crippen LogP contribution in [0.5, 0.6) is 5.75 Å². The molecule has 0 bridgehead atoms. The van der Waals surface area contributed by atoms with E-state index >= 15 is 0 Å². The molecule has 1 aromatic heterocycles. The van der Waals surface area contributed by atoms with Gasteiger partial charge in [0, 0.05) is 17.2 Å². The molecule has 0 unspecified atom stereocenters. The molecule has 3 rings (SSSR count). The number of hydrazone groups is 1. The number of nitro groups is 1. The lowest BCUT2D eigenvalue weighted by Crippen LogP contribution is -2.49. The van der Waals surface area contributed by atoms with Crippen molar-refractivity contribution >= 4 is 23.7 Å². The lowest BCUT2D eigenvalue weighted by Gasteiger charge is -2.20. The lowest BCUT2D eigenvalue weighted by molar-refractivity contribution is -0.385. The van der Waals surface area contributed by atoms with Gasteiger partial charge in [-0.15, -0.1) is 0 Å². The Morgan fingerprint density at radius 2 is 1.86 bits per heavy atom. The second-order valence-electron chi connectivity index (χ2n) is 8.49. The van der Waals surface area contributed by atoms with Gasteiger partial charge in [-0.3, -0.25) is 19.7 Å². The highest BCUT2D eigenvalue weighted by Crippen LogP contribution is 2.30. The van der Waals surface area contributed by atoms with E-state index in [0.29, 0.717) is 28.4 Å². The summed E-state index contributed by atoms with van der Waals surface area (Å²) in [6.45, 7) is 6.91. The summed E-state index contributed by atoms with van der Waals surface area (Å²) in [7, 11) is 0. The van der Waals surface area contributed by atoms with Crippen molar-refractivity contribution in [1.29, 1.82) is 0 Å². The standard InChI is InChI=1S/C26H28N4O6/c1-16(2)25(28-24(31)15-35-22-11-6-5-8-17(22)3)26(32)29-27-14-19-12-13-23(36-19)20-9-7-10-21(18(20)4)30(33)34/h5-14,16,25H,15H2,1-4H3,(H,28,31)(H,29,32)/b27-14-/t25-/m1/s1. The number of amides is 2. The van der Waals surface area contributed by atoms with E-state index < -0.39 is 22.8 Å². The Hall–Kier alpha value is -4.47. The van der Waals surface area contributed by atoms with Gasteiger partial charge in [0.15, 0.2) is 6.61 Å². The summed E-state index contributed by atoms with van der Waals surface area (Å²) in [5, 5.41) is 17.8. The molecule has 0 fully saturated rings. The first-order valence-electron chi connectivity index (χ1n) is 11.3. The Kier molecular flexibility index (Phi) is 8.56. The van der Waals surface area contributed by atoms with E-state index in [-0.39, 0.29) is 18.2 Å². The summed E-state index contributed by atoms with van der Waals surface area (Å²) in [6, 6.07) is 14.6. The lowest BCUT2D eigenvalue weighted by atomic mass is 10.0. The first kappa shape index (κ1) is 26.1. The molecule has 0 saturated heterocycles. The minimum Gasteiger partial charge on any atom is -0.484 e. The molecule has 10 nitrogen and oxygen atoms in total. The van der Waals surface area contributed by atoms with Gasteiger partial charge in [0.1, 0.15) is 23.3 Å². The van der Waals surface area contributed by atoms with E-state index in [9.17, 15) is 19.7 Å². The first-order chi connectivity index (χ1) is 17.2. The fourth-order valence-corrected chi connectivity index (χ4v) is 3.50. The van der Waals surface area contributed by atoms with Crippen molar-refractivity contribution in [1.82, 2.24) is 10.7 Å². The van der Waals surface area contributed by atoms with Crippen molar-refractivity contribution in [2.45, 2.75) is 33.7 Å². The van der Waals surface area contributed by atoms with E-state index in [0.717, 1.165) is 5.56 Å². The summed E-state index contributed by atoms with van der Waals surface area (Å²) in [6.07, 6.45) is 1.31. The number of rotatable bonds is 10. The summed E-state index contributed by atoms with van der Waals surface area (Å²) in [4.78, 5) is 35.7. The molecule has 0 spiro atoms. The molecule has 2 amide bonds. The molecule has 1 heterocycles. The number of hydrogen-bond acceptors (Lipinski definition) is 7. The van der Waals surface area contributed by atoms with Crippen LogP contribution in [-0.2, 0) is 9.59 Å². The van der Waals surface area contributed by atoms with Crippen molar-refractivity contribution in [3.05, 3.63) is 81.6 Å². The van der Waals surface area contributed by atoms with Crippen molar-refractivity contribution in [2.24, 2.45) is 11.0 Å². The molecule has 0 aliphatic heterocycles. The average molecular weight is 493 g/mol. The zero-order valence-corrected chi connectivity index (χ0v) is 20.5. The number of carbonyl (C=O) groups excluding carboxylic acids is 2. The summed E-state index contributed by atoms with van der Waals surface area (Å²) in [5.74, 6) is 0.249. The van der Waals surface area contributed by atoms with E-state index in [1.807, 2.05) is 25.1 Å². The maximum atomic E-state index is 12.6. The Labute approximate surface area is 208 Å². The zero-order valence-electron chi connectivity index (χ0n) is 20.5. The molecule has 36 heavy (non-hydrogen) atoms. The van der Waals surface area contributed by atoms with Crippen molar-refractivity contribution in [2.75, 3.05) is 6.61 Å². The maximum Gasteiger partial charge on any atom is 0.273 e. The molecule has 2 aromatic carbocycles. The summed E-state index contributed by atoms with van der Waals surface area (Å²) < 4.78 is 11.3. The maximum absolute atomic E-state index is 12.6. The van der Waals surface area contributed by atoms with Gasteiger partial charge in [0.05, 0.1) is 11.1 Å². The van der Waals surface area contributed by atoms with Crippen LogP contribution in [0.15, 0.2) is 64.1 Å². The average Bonchev–Trinajstić information content (AvgIpc) is 3.30. The SMILES string of the molecule is Cc1ccccc1OCC(=O)N[C@@H](C(=O)N/N=C\c1ccc(-c2cccc([N+](=O)[O-])c2C)o1)C(C)C. The topological polar surface area (TPSA) is 136 Å². The van der Waals surface area contributed by atoms with Gasteiger partial charge in [-0.05, 0) is 43.5 Å². The molecule has 1 atom stereocenters. The smallest absolute Gasteiger partial charge is 0.273 e. The van der Waals surface area contributed by atoms with Crippen molar-refractivity contribution in [3.8, 4) is 17.1 Å². The number of aryl methyl sites for hydroxylation is 1. The molecular formula is C26H28N4O6. The molecule has 10 heteroatoms. The third-order valence-corrected chi connectivity index (χ3v) is 5.48. The fraction of sp³-hybridized carbons (Fsp3) is 0.269. The Morgan fingerprint density at radius 3 is 2.56 bits per heavy atom. The number of para-hydroxylation sites is 1. The van der Waals surface area contributed by atoms with Crippen LogP contribution in [0.4, 0.5) is 5.69 Å². The number of nitrogens with one attached hydrogen (secondary N) is 2. The van der Waals surface area contributed by atoms with Crippen LogP contribution in [0.3, 0.4) is 0 Å². The Bertz CT molecular complexity index is 1280. The fourth-order valence-electron chi connectivity index (χ4n) is 3.50. The Morgan fingerprint density at radius 1 is 1.11 bits per heavy atom. The van der Waals surface area contributed by atoms with Gasteiger partial charge in [0.2, 0.25) is 0 Å². The monoisotopic (exact) mass is 492 g/mol. The first-order valence-corrected chi connectivity index (χ1v) is 11.3. The molecule has 0 aliphatic rings. The van der Waals surface area contributed by atoms with Crippen molar-refractivity contribution < 1.29 is 23.7 Å². The summed E-state index contributed by atoms with van der Waals surface area (Å²) >= 11 is 0. The zero-order chi connectivity index (χ0) is 26.2. The highest BCUT2D eigenvalue weighted by atomic mass is 16.6. The number of benzene rings is 2. The van der Waals surface area contributed by atoms with Gasteiger partial charge >= 0.3 is 0 Å². The number of hydrogen-bond donors (Lipinski definition) is 2. The van der Waals surface area contributed by atoms with Gasteiger partial charge in [-0.2, -0.15) is 5.10 Å². The van der Waals surface area contributed by atoms with Gasteiger partial charge in [0.25, 0.3) is 17.5 Å². The van der Waals surface area contributed by atoms with E-state index in [1.165, 1.54) is 12.3 Å². The van der Waals surface area contributed by atoms with Crippen LogP contribution in [0.25, 0.3) is 11.3 Å². The highest BCUT2D eigenvalue weighted by Gasteiger charge is 2.24. The largest absolute Gasteiger partial charge is 0.484 e. The predicted octanol–water partition coefficient (Wildman–Crippen LogP) is 4.14. The molecule has 188 valence electrons. The van der Waals surface area contributed by atoms with Crippen LogP contribution in [0.2, 0.25) is 0 Å². The van der Waals surface area contributed by atoms with E-state index in [4.69, 9.17) is 9.15 Å². The van der Waals surface area contributed by atoms with Crippen molar-refractivity contribution in [3.63, 3.8) is 0 Å². The van der Waals surface area contributed by atoms with Crippen LogP contribution in [-0.4, -0.2) is 35.6 Å². The quantitative estimate of drug-likeness (QED) is 0.248. The number of carbonyl (C=O) groups is 2. The number of ether oxygens (including phenoxy) is 1. The molecular weight excluding hydrogens is 464 g/mol. The second-order valence-corrected chi connectivity index (χ2v) is 8.49. The van der Waals surface area contributed by atoms with Crippen LogP contribution < -0.4 is 15.5 Å². The molecule has 3 aromatic rings. The third-order valence-electron chi connectivity index (χ3n) is 5.48. The minimum atomic E-state index is -0.824. The van der Waals surface area contributed by atoms with E-state index in [2.05, 4.69) is 15.8 Å². The Balaban J connectivity index is 1.59. The van der Waals surface area contributed by atoms with E-state index in [1.54, 1.807) is 51.1 Å². The molecule has 2 N–H and O–H groups in total. The van der Waals surface area contributed by atoms with Gasteiger partial charge < -0.3 is 14.5 Å². The number of nitro benzene ring substituents is 1. The third kappa shape index (κ3) is 6.56. The van der Waals surface area contributed by atoms with Gasteiger partial charge in [-0.1, -0.05) is 44.2 Å².